The summed E-state index contributed by atoms with van der Waals surface area (Å²) in [4.78, 5) is 22.8. The first-order valence-corrected chi connectivity index (χ1v) is 5.53. The fourth-order valence-electron chi connectivity index (χ4n) is 1.47. The summed E-state index contributed by atoms with van der Waals surface area (Å²) >= 11 is 0. The predicted octanol–water partition coefficient (Wildman–Crippen LogP) is -1.40. The molecule has 0 aromatic heterocycles. The molecule has 1 aliphatic heterocycles. The van der Waals surface area contributed by atoms with Gasteiger partial charge in [0.05, 0.1) is 25.7 Å². The van der Waals surface area contributed by atoms with E-state index in [1.807, 2.05) is 6.92 Å². The topological polar surface area (TPSA) is 93.5 Å². The van der Waals surface area contributed by atoms with Gasteiger partial charge in [-0.1, -0.05) is 6.92 Å². The maximum absolute atomic E-state index is 11.6. The van der Waals surface area contributed by atoms with Crippen LogP contribution in [-0.4, -0.2) is 44.2 Å². The molecule has 1 heterocycles. The maximum Gasteiger partial charge on any atom is 0.239 e. The van der Waals surface area contributed by atoms with Gasteiger partial charge in [0.1, 0.15) is 0 Å². The Bertz CT molecular complexity index is 258. The summed E-state index contributed by atoms with van der Waals surface area (Å²) in [5.74, 6) is -0.724. The molecule has 4 N–H and O–H groups in total. The number of hydrogen-bond donors (Lipinski definition) is 3. The van der Waals surface area contributed by atoms with Crippen LogP contribution in [0.15, 0.2) is 0 Å². The zero-order valence-electron chi connectivity index (χ0n) is 9.49. The summed E-state index contributed by atoms with van der Waals surface area (Å²) in [5.41, 5.74) is 5.68. The van der Waals surface area contributed by atoms with Crippen molar-refractivity contribution < 1.29 is 14.3 Å². The molecule has 1 saturated heterocycles. The van der Waals surface area contributed by atoms with Crippen LogP contribution in [0, 0.1) is 5.92 Å². The van der Waals surface area contributed by atoms with E-state index in [1.54, 1.807) is 0 Å². The van der Waals surface area contributed by atoms with Crippen LogP contribution in [0.1, 0.15) is 13.3 Å². The van der Waals surface area contributed by atoms with Gasteiger partial charge in [0, 0.05) is 12.6 Å². The fourth-order valence-corrected chi connectivity index (χ4v) is 1.47. The second-order valence-corrected chi connectivity index (χ2v) is 3.88. The van der Waals surface area contributed by atoms with E-state index in [0.717, 1.165) is 6.42 Å². The third kappa shape index (κ3) is 3.79. The summed E-state index contributed by atoms with van der Waals surface area (Å²) in [6.07, 6.45) is 0.876. The Morgan fingerprint density at radius 3 is 2.69 bits per heavy atom. The molecule has 0 aliphatic carbocycles. The molecule has 0 aromatic carbocycles. The van der Waals surface area contributed by atoms with Gasteiger partial charge in [-0.3, -0.25) is 9.59 Å². The molecule has 1 rings (SSSR count). The first-order valence-electron chi connectivity index (χ1n) is 5.53. The molecule has 2 unspecified atom stereocenters. The van der Waals surface area contributed by atoms with Crippen LogP contribution < -0.4 is 16.4 Å². The van der Waals surface area contributed by atoms with Gasteiger partial charge in [0.25, 0.3) is 0 Å². The van der Waals surface area contributed by atoms with Crippen molar-refractivity contribution >= 4 is 11.8 Å². The Hall–Kier alpha value is -1.14. The average molecular weight is 229 g/mol. The number of nitrogens with two attached hydrogens (primary N) is 1. The third-order valence-corrected chi connectivity index (χ3v) is 2.46. The number of hydrogen-bond acceptors (Lipinski definition) is 4. The van der Waals surface area contributed by atoms with Gasteiger partial charge in [0.2, 0.25) is 11.8 Å². The average Bonchev–Trinajstić information content (AvgIpc) is 2.69. The van der Waals surface area contributed by atoms with E-state index in [9.17, 15) is 9.59 Å². The Labute approximate surface area is 94.9 Å². The Kier molecular flexibility index (Phi) is 5.21. The molecule has 2 atom stereocenters. The minimum absolute atomic E-state index is 0.00204. The Morgan fingerprint density at radius 1 is 1.38 bits per heavy atom. The van der Waals surface area contributed by atoms with E-state index < -0.39 is 0 Å². The van der Waals surface area contributed by atoms with Crippen LogP contribution in [0.4, 0.5) is 0 Å². The van der Waals surface area contributed by atoms with Crippen LogP contribution in [0.2, 0.25) is 0 Å². The molecule has 1 aliphatic rings. The number of ether oxygens (including phenoxy) is 1. The van der Waals surface area contributed by atoms with E-state index in [2.05, 4.69) is 10.6 Å². The lowest BCUT2D eigenvalue weighted by Crippen LogP contribution is -2.44. The Balaban J connectivity index is 2.21. The van der Waals surface area contributed by atoms with Crippen LogP contribution >= 0.6 is 0 Å². The molecule has 92 valence electrons. The van der Waals surface area contributed by atoms with Crippen molar-refractivity contribution in [1.82, 2.24) is 10.6 Å². The molecule has 2 amide bonds. The standard InChI is InChI=1S/C10H19N3O3/c1-2-3-12-9(14)4-13-10(15)7-5-16-6-8(7)11/h7-8H,2-6,11H2,1H3,(H,12,14)(H,13,15). The summed E-state index contributed by atoms with van der Waals surface area (Å²) in [6, 6.07) is -0.265. The molecule has 16 heavy (non-hydrogen) atoms. The predicted molar refractivity (Wildman–Crippen MR) is 58.6 cm³/mol. The molecule has 1 fully saturated rings. The highest BCUT2D eigenvalue weighted by molar-refractivity contribution is 5.86. The van der Waals surface area contributed by atoms with Gasteiger partial charge in [-0.05, 0) is 6.42 Å². The van der Waals surface area contributed by atoms with Crippen LogP contribution in [0.3, 0.4) is 0 Å². The lowest BCUT2D eigenvalue weighted by Gasteiger charge is -2.13. The first kappa shape index (κ1) is 12.9. The summed E-state index contributed by atoms with van der Waals surface area (Å²) < 4.78 is 5.08. The minimum Gasteiger partial charge on any atom is -0.379 e. The fraction of sp³-hybridized carbons (Fsp3) is 0.800. The second kappa shape index (κ2) is 6.44. The van der Waals surface area contributed by atoms with Crippen molar-refractivity contribution in [3.63, 3.8) is 0 Å². The molecule has 6 heteroatoms. The summed E-state index contributed by atoms with van der Waals surface area (Å²) in [6.45, 7) is 3.33. The van der Waals surface area contributed by atoms with Crippen molar-refractivity contribution in [2.75, 3.05) is 26.3 Å². The van der Waals surface area contributed by atoms with Gasteiger partial charge in [-0.2, -0.15) is 0 Å². The van der Waals surface area contributed by atoms with Gasteiger partial charge < -0.3 is 21.1 Å². The molecule has 0 saturated carbocycles. The molecule has 0 spiro atoms. The van der Waals surface area contributed by atoms with Crippen LogP contribution in [0.25, 0.3) is 0 Å². The van der Waals surface area contributed by atoms with E-state index in [-0.39, 0.29) is 30.3 Å². The zero-order chi connectivity index (χ0) is 12.0. The SMILES string of the molecule is CCCNC(=O)CNC(=O)C1COCC1N. The smallest absolute Gasteiger partial charge is 0.239 e. The molecule has 6 nitrogen and oxygen atoms in total. The maximum atomic E-state index is 11.6. The number of nitrogens with one attached hydrogen (secondary N) is 2. The van der Waals surface area contributed by atoms with Crippen molar-refractivity contribution in [2.24, 2.45) is 11.7 Å². The number of carbonyl (C=O) groups excluding carboxylic acids is 2. The van der Waals surface area contributed by atoms with E-state index in [1.165, 1.54) is 0 Å². The van der Waals surface area contributed by atoms with Crippen molar-refractivity contribution in [2.45, 2.75) is 19.4 Å². The van der Waals surface area contributed by atoms with Crippen LogP contribution in [-0.2, 0) is 14.3 Å². The van der Waals surface area contributed by atoms with Crippen molar-refractivity contribution in [1.29, 1.82) is 0 Å². The number of rotatable bonds is 5. The van der Waals surface area contributed by atoms with Crippen LogP contribution in [0.5, 0.6) is 0 Å². The minimum atomic E-state index is -0.334. The van der Waals surface area contributed by atoms with E-state index in [4.69, 9.17) is 10.5 Å². The molecule has 0 bridgehead atoms. The highest BCUT2D eigenvalue weighted by Crippen LogP contribution is 2.10. The van der Waals surface area contributed by atoms with E-state index >= 15 is 0 Å². The van der Waals surface area contributed by atoms with Crippen molar-refractivity contribution in [3.05, 3.63) is 0 Å². The third-order valence-electron chi connectivity index (χ3n) is 2.46. The first-order chi connectivity index (χ1) is 7.65. The summed E-state index contributed by atoms with van der Waals surface area (Å²) in [7, 11) is 0. The lowest BCUT2D eigenvalue weighted by molar-refractivity contribution is -0.128. The Morgan fingerprint density at radius 2 is 2.12 bits per heavy atom. The summed E-state index contributed by atoms with van der Waals surface area (Å²) in [5, 5.41) is 5.23. The highest BCUT2D eigenvalue weighted by atomic mass is 16.5. The largest absolute Gasteiger partial charge is 0.379 e. The number of amides is 2. The van der Waals surface area contributed by atoms with Gasteiger partial charge in [-0.15, -0.1) is 0 Å². The quantitative estimate of drug-likeness (QED) is 0.540. The normalized spacial score (nSPS) is 24.1. The molecular formula is C10H19N3O3. The lowest BCUT2D eigenvalue weighted by atomic mass is 10.0. The highest BCUT2D eigenvalue weighted by Gasteiger charge is 2.31. The zero-order valence-corrected chi connectivity index (χ0v) is 9.49. The van der Waals surface area contributed by atoms with Crippen molar-refractivity contribution in [3.8, 4) is 0 Å². The van der Waals surface area contributed by atoms with Gasteiger partial charge in [-0.25, -0.2) is 0 Å². The number of carbonyl (C=O) groups is 2. The molecule has 0 radical (unpaired) electrons. The van der Waals surface area contributed by atoms with E-state index in [0.29, 0.717) is 19.8 Å². The monoisotopic (exact) mass is 229 g/mol. The van der Waals surface area contributed by atoms with Gasteiger partial charge >= 0.3 is 0 Å². The van der Waals surface area contributed by atoms with Gasteiger partial charge in [0.15, 0.2) is 0 Å². The molecular weight excluding hydrogens is 210 g/mol. The molecule has 0 aromatic rings. The second-order valence-electron chi connectivity index (χ2n) is 3.88.